The fraction of sp³-hybridized carbons (Fsp3) is 0.316. The molecule has 25 heavy (non-hydrogen) atoms. The molecule has 2 amide bonds. The lowest BCUT2D eigenvalue weighted by molar-refractivity contribution is -0.136. The number of carbonyl (C=O) groups is 2. The van der Waals surface area contributed by atoms with Gasteiger partial charge in [0.2, 0.25) is 5.91 Å². The molecule has 2 N–H and O–H groups in total. The molecule has 1 unspecified atom stereocenters. The van der Waals surface area contributed by atoms with E-state index in [1.165, 1.54) is 0 Å². The molecule has 1 aromatic heterocycles. The van der Waals surface area contributed by atoms with Gasteiger partial charge >= 0.3 is 0 Å². The average molecular weight is 337 g/mol. The summed E-state index contributed by atoms with van der Waals surface area (Å²) in [4.78, 5) is 30.7. The third kappa shape index (κ3) is 2.68. The lowest BCUT2D eigenvalue weighted by atomic mass is 9.83. The number of pyridine rings is 1. The van der Waals surface area contributed by atoms with Gasteiger partial charge < -0.3 is 4.90 Å². The molecule has 4 rings (SSSR count). The average Bonchev–Trinajstić information content (AvgIpc) is 3.16. The van der Waals surface area contributed by atoms with Crippen molar-refractivity contribution >= 4 is 11.8 Å². The molecule has 0 radical (unpaired) electrons. The van der Waals surface area contributed by atoms with Crippen molar-refractivity contribution in [1.29, 1.82) is 0 Å². The van der Waals surface area contributed by atoms with Gasteiger partial charge in [-0.1, -0.05) is 12.1 Å². The van der Waals surface area contributed by atoms with E-state index in [0.29, 0.717) is 24.9 Å². The first-order valence-electron chi connectivity index (χ1n) is 8.36. The molecule has 2 aromatic rings. The number of aromatic nitrogens is 1. The summed E-state index contributed by atoms with van der Waals surface area (Å²) in [6, 6.07) is 9.23. The van der Waals surface area contributed by atoms with Crippen LogP contribution < -0.4 is 5.48 Å². The van der Waals surface area contributed by atoms with Gasteiger partial charge in [0, 0.05) is 31.0 Å². The van der Waals surface area contributed by atoms with Gasteiger partial charge in [0.05, 0.1) is 5.41 Å². The Morgan fingerprint density at radius 2 is 2.12 bits per heavy atom. The Morgan fingerprint density at radius 1 is 1.28 bits per heavy atom. The highest BCUT2D eigenvalue weighted by Crippen LogP contribution is 2.45. The topological polar surface area (TPSA) is 82.5 Å². The molecule has 1 atom stereocenters. The molecule has 1 aliphatic carbocycles. The Hall–Kier alpha value is -2.73. The van der Waals surface area contributed by atoms with Gasteiger partial charge in [-0.2, -0.15) is 0 Å². The number of hydrogen-bond donors (Lipinski definition) is 2. The lowest BCUT2D eigenvalue weighted by Gasteiger charge is -2.22. The van der Waals surface area contributed by atoms with Crippen LogP contribution in [-0.2, 0) is 24.2 Å². The van der Waals surface area contributed by atoms with Gasteiger partial charge in [-0.3, -0.25) is 19.8 Å². The maximum atomic E-state index is 13.1. The van der Waals surface area contributed by atoms with Crippen LogP contribution in [0.25, 0.3) is 0 Å². The zero-order chi connectivity index (χ0) is 17.4. The Balaban J connectivity index is 1.54. The van der Waals surface area contributed by atoms with Crippen LogP contribution in [0.4, 0.5) is 0 Å². The van der Waals surface area contributed by atoms with Crippen LogP contribution in [0.15, 0.2) is 42.7 Å². The van der Waals surface area contributed by atoms with E-state index in [-0.39, 0.29) is 5.91 Å². The van der Waals surface area contributed by atoms with Crippen molar-refractivity contribution in [3.05, 3.63) is 65.0 Å². The van der Waals surface area contributed by atoms with Gasteiger partial charge in [0.15, 0.2) is 0 Å². The van der Waals surface area contributed by atoms with Crippen molar-refractivity contribution in [3.63, 3.8) is 0 Å². The lowest BCUT2D eigenvalue weighted by Crippen LogP contribution is -2.34. The molecule has 6 heteroatoms. The van der Waals surface area contributed by atoms with E-state index in [1.54, 1.807) is 30.0 Å². The minimum atomic E-state index is -0.528. The summed E-state index contributed by atoms with van der Waals surface area (Å²) in [5.74, 6) is -0.347. The Kier molecular flexibility index (Phi) is 3.77. The Morgan fingerprint density at radius 3 is 2.88 bits per heavy atom. The van der Waals surface area contributed by atoms with Gasteiger partial charge in [0.1, 0.15) is 0 Å². The van der Waals surface area contributed by atoms with Crippen molar-refractivity contribution in [1.82, 2.24) is 15.4 Å². The predicted molar refractivity (Wildman–Crippen MR) is 89.8 cm³/mol. The number of likely N-dealkylation sites (tertiary alicyclic amines) is 1. The van der Waals surface area contributed by atoms with Crippen molar-refractivity contribution in [2.75, 3.05) is 6.54 Å². The van der Waals surface area contributed by atoms with E-state index in [4.69, 9.17) is 5.21 Å². The van der Waals surface area contributed by atoms with E-state index in [9.17, 15) is 9.59 Å². The third-order valence-electron chi connectivity index (χ3n) is 5.33. The van der Waals surface area contributed by atoms with Crippen LogP contribution in [0.1, 0.15) is 33.5 Å². The molecule has 1 saturated heterocycles. The molecular formula is C19H19N3O3. The first-order chi connectivity index (χ1) is 12.1. The van der Waals surface area contributed by atoms with Gasteiger partial charge in [0.25, 0.3) is 5.91 Å². The highest BCUT2D eigenvalue weighted by molar-refractivity contribution is 5.94. The molecular weight excluding hydrogens is 318 g/mol. The number of rotatable bonds is 3. The summed E-state index contributed by atoms with van der Waals surface area (Å²) in [7, 11) is 0. The SMILES string of the molecule is O=C(NO)c1ccc2c(c1)CC1(CCN(Cc3cccnc3)C1=O)C2. The first-order valence-corrected chi connectivity index (χ1v) is 8.36. The molecule has 1 aliphatic heterocycles. The van der Waals surface area contributed by atoms with Crippen LogP contribution in [0.2, 0.25) is 0 Å². The van der Waals surface area contributed by atoms with E-state index in [1.807, 2.05) is 23.1 Å². The fourth-order valence-corrected chi connectivity index (χ4v) is 4.04. The highest BCUT2D eigenvalue weighted by atomic mass is 16.5. The number of amides is 2. The summed E-state index contributed by atoms with van der Waals surface area (Å²) < 4.78 is 0. The largest absolute Gasteiger partial charge is 0.338 e. The molecule has 6 nitrogen and oxygen atoms in total. The minimum Gasteiger partial charge on any atom is -0.338 e. The van der Waals surface area contributed by atoms with Gasteiger partial charge in [-0.15, -0.1) is 0 Å². The maximum absolute atomic E-state index is 13.1. The number of fused-ring (bicyclic) bond motifs is 1. The van der Waals surface area contributed by atoms with Crippen LogP contribution >= 0.6 is 0 Å². The normalized spacial score (nSPS) is 21.6. The van der Waals surface area contributed by atoms with Crippen LogP contribution in [0, 0.1) is 5.41 Å². The molecule has 2 aliphatic rings. The van der Waals surface area contributed by atoms with E-state index < -0.39 is 11.3 Å². The summed E-state index contributed by atoms with van der Waals surface area (Å²) >= 11 is 0. The van der Waals surface area contributed by atoms with E-state index in [2.05, 4.69) is 4.98 Å². The monoisotopic (exact) mass is 337 g/mol. The quantitative estimate of drug-likeness (QED) is 0.660. The summed E-state index contributed by atoms with van der Waals surface area (Å²) in [5.41, 5.74) is 4.85. The number of nitrogens with zero attached hydrogens (tertiary/aromatic N) is 2. The molecule has 1 spiro atoms. The number of hydrogen-bond acceptors (Lipinski definition) is 4. The molecule has 0 saturated carbocycles. The standard InChI is InChI=1S/C19H19N3O3/c23-17(21-25)14-3-4-15-9-19(10-16(15)8-14)5-7-22(18(19)24)12-13-2-1-6-20-11-13/h1-4,6,8,11,25H,5,7,9-10,12H2,(H,21,23). The zero-order valence-corrected chi connectivity index (χ0v) is 13.7. The summed E-state index contributed by atoms with van der Waals surface area (Å²) in [6.45, 7) is 1.33. The fourth-order valence-electron chi connectivity index (χ4n) is 4.04. The van der Waals surface area contributed by atoms with E-state index in [0.717, 1.165) is 29.7 Å². The van der Waals surface area contributed by atoms with Crippen molar-refractivity contribution in [2.24, 2.45) is 5.41 Å². The molecule has 2 heterocycles. The van der Waals surface area contributed by atoms with Crippen LogP contribution in [0.5, 0.6) is 0 Å². The summed E-state index contributed by atoms with van der Waals surface area (Å²) in [6.07, 6.45) is 5.71. The first kappa shape index (κ1) is 15.8. The minimum absolute atomic E-state index is 0.181. The second-order valence-electron chi connectivity index (χ2n) is 6.90. The number of hydroxylamine groups is 1. The molecule has 0 bridgehead atoms. The van der Waals surface area contributed by atoms with Crippen molar-refractivity contribution < 1.29 is 14.8 Å². The summed E-state index contributed by atoms with van der Waals surface area (Å²) in [5, 5.41) is 8.79. The molecule has 1 aromatic carbocycles. The van der Waals surface area contributed by atoms with Crippen molar-refractivity contribution in [2.45, 2.75) is 25.8 Å². The van der Waals surface area contributed by atoms with Crippen LogP contribution in [-0.4, -0.2) is 33.5 Å². The zero-order valence-electron chi connectivity index (χ0n) is 13.7. The van der Waals surface area contributed by atoms with Gasteiger partial charge in [-0.05, 0) is 54.2 Å². The van der Waals surface area contributed by atoms with Crippen LogP contribution in [0.3, 0.4) is 0 Å². The smallest absolute Gasteiger partial charge is 0.274 e. The number of carbonyl (C=O) groups excluding carboxylic acids is 2. The predicted octanol–water partition coefficient (Wildman–Crippen LogP) is 1.72. The Labute approximate surface area is 145 Å². The molecule has 128 valence electrons. The molecule has 1 fully saturated rings. The van der Waals surface area contributed by atoms with E-state index >= 15 is 0 Å². The second-order valence-corrected chi connectivity index (χ2v) is 6.90. The van der Waals surface area contributed by atoms with Crippen molar-refractivity contribution in [3.8, 4) is 0 Å². The van der Waals surface area contributed by atoms with Gasteiger partial charge in [-0.25, -0.2) is 5.48 Å². The maximum Gasteiger partial charge on any atom is 0.274 e. The number of benzene rings is 1. The third-order valence-corrected chi connectivity index (χ3v) is 5.33. The Bertz CT molecular complexity index is 837. The number of nitrogens with one attached hydrogen (secondary N) is 1. The second kappa shape index (κ2) is 5.97. The highest BCUT2D eigenvalue weighted by Gasteiger charge is 2.49.